The van der Waals surface area contributed by atoms with Crippen molar-refractivity contribution in [3.63, 3.8) is 0 Å². The maximum absolute atomic E-state index is 11.8. The number of methoxy groups -OCH3 is 2. The predicted octanol–water partition coefficient (Wildman–Crippen LogP) is 1.36. The number of carbonyl (C=O) groups is 2. The van der Waals surface area contributed by atoms with Crippen LogP contribution < -0.4 is 0 Å². The Labute approximate surface area is 118 Å². The molecule has 7 nitrogen and oxygen atoms in total. The SMILES string of the molecule is CCC(CC)(C(=O)O)C(COC)(CC(=O)O)OCOC. The number of ether oxygens (including phenoxy) is 3. The van der Waals surface area contributed by atoms with E-state index in [1.54, 1.807) is 13.8 Å². The lowest BCUT2D eigenvalue weighted by Gasteiger charge is -2.45. The van der Waals surface area contributed by atoms with Crippen molar-refractivity contribution >= 4 is 11.9 Å². The lowest BCUT2D eigenvalue weighted by molar-refractivity contribution is -0.225. The van der Waals surface area contributed by atoms with Gasteiger partial charge in [0.05, 0.1) is 18.4 Å². The van der Waals surface area contributed by atoms with Gasteiger partial charge in [0.15, 0.2) is 0 Å². The van der Waals surface area contributed by atoms with Gasteiger partial charge in [0.25, 0.3) is 0 Å². The van der Waals surface area contributed by atoms with E-state index in [0.29, 0.717) is 0 Å². The van der Waals surface area contributed by atoms with Crippen molar-refractivity contribution < 1.29 is 34.0 Å². The average Bonchev–Trinajstić information content (AvgIpc) is 2.37. The van der Waals surface area contributed by atoms with Crippen LogP contribution in [0.1, 0.15) is 33.1 Å². The van der Waals surface area contributed by atoms with E-state index in [-0.39, 0.29) is 26.2 Å². The minimum atomic E-state index is -1.49. The van der Waals surface area contributed by atoms with Crippen molar-refractivity contribution in [1.29, 1.82) is 0 Å². The Morgan fingerprint density at radius 3 is 1.90 bits per heavy atom. The van der Waals surface area contributed by atoms with E-state index in [1.165, 1.54) is 14.2 Å². The van der Waals surface area contributed by atoms with Gasteiger partial charge in [0.2, 0.25) is 0 Å². The Balaban J connectivity index is 5.84. The fourth-order valence-electron chi connectivity index (χ4n) is 2.63. The highest BCUT2D eigenvalue weighted by atomic mass is 16.7. The molecular weight excluding hydrogens is 268 g/mol. The van der Waals surface area contributed by atoms with Gasteiger partial charge in [0.1, 0.15) is 12.4 Å². The lowest BCUT2D eigenvalue weighted by Crippen LogP contribution is -2.58. The molecule has 0 aromatic heterocycles. The summed E-state index contributed by atoms with van der Waals surface area (Å²) in [4.78, 5) is 23.0. The number of hydrogen-bond acceptors (Lipinski definition) is 5. The Hall–Kier alpha value is -1.18. The highest BCUT2D eigenvalue weighted by Crippen LogP contribution is 2.44. The summed E-state index contributed by atoms with van der Waals surface area (Å²) < 4.78 is 15.4. The highest BCUT2D eigenvalue weighted by Gasteiger charge is 2.57. The number of aliphatic carboxylic acids is 2. The summed E-state index contributed by atoms with van der Waals surface area (Å²) in [6.45, 7) is 3.04. The zero-order valence-corrected chi connectivity index (χ0v) is 12.5. The third-order valence-corrected chi connectivity index (χ3v) is 3.76. The summed E-state index contributed by atoms with van der Waals surface area (Å²) in [6, 6.07) is 0. The zero-order valence-electron chi connectivity index (χ0n) is 12.5. The van der Waals surface area contributed by atoms with Crippen molar-refractivity contribution in [3.05, 3.63) is 0 Å². The third kappa shape index (κ3) is 3.68. The van der Waals surface area contributed by atoms with Crippen LogP contribution in [0.5, 0.6) is 0 Å². The van der Waals surface area contributed by atoms with Crippen LogP contribution in [-0.2, 0) is 23.8 Å². The van der Waals surface area contributed by atoms with Gasteiger partial charge < -0.3 is 24.4 Å². The van der Waals surface area contributed by atoms with Gasteiger partial charge in [-0.1, -0.05) is 13.8 Å². The van der Waals surface area contributed by atoms with Crippen LogP contribution in [0.15, 0.2) is 0 Å². The summed E-state index contributed by atoms with van der Waals surface area (Å²) in [6.07, 6.45) is -0.0312. The molecule has 0 aliphatic carbocycles. The molecule has 0 saturated carbocycles. The van der Waals surface area contributed by atoms with Crippen molar-refractivity contribution in [3.8, 4) is 0 Å². The fraction of sp³-hybridized carbons (Fsp3) is 0.846. The monoisotopic (exact) mass is 292 g/mol. The Bertz CT molecular complexity index is 325. The molecule has 0 fully saturated rings. The second kappa shape index (κ2) is 8.18. The molecule has 0 aliphatic rings. The van der Waals surface area contributed by atoms with Crippen molar-refractivity contribution in [2.24, 2.45) is 5.41 Å². The molecule has 0 radical (unpaired) electrons. The third-order valence-electron chi connectivity index (χ3n) is 3.76. The van der Waals surface area contributed by atoms with E-state index in [2.05, 4.69) is 0 Å². The van der Waals surface area contributed by atoms with E-state index in [4.69, 9.17) is 19.3 Å². The summed E-state index contributed by atoms with van der Waals surface area (Å²) in [7, 11) is 2.77. The first-order valence-corrected chi connectivity index (χ1v) is 6.42. The van der Waals surface area contributed by atoms with Gasteiger partial charge in [-0.15, -0.1) is 0 Å². The van der Waals surface area contributed by atoms with Crippen molar-refractivity contribution in [1.82, 2.24) is 0 Å². The maximum Gasteiger partial charge on any atom is 0.312 e. The molecule has 7 heteroatoms. The fourth-order valence-corrected chi connectivity index (χ4v) is 2.63. The van der Waals surface area contributed by atoms with Gasteiger partial charge in [-0.25, -0.2) is 0 Å². The van der Waals surface area contributed by atoms with Crippen LogP contribution in [0.25, 0.3) is 0 Å². The molecule has 0 heterocycles. The molecule has 0 rings (SSSR count). The smallest absolute Gasteiger partial charge is 0.312 e. The number of carboxylic acids is 2. The number of rotatable bonds is 11. The lowest BCUT2D eigenvalue weighted by atomic mass is 9.66. The number of hydrogen-bond donors (Lipinski definition) is 2. The van der Waals surface area contributed by atoms with Crippen LogP contribution in [0.3, 0.4) is 0 Å². The normalized spacial score (nSPS) is 14.8. The van der Waals surface area contributed by atoms with Gasteiger partial charge in [-0.3, -0.25) is 9.59 Å². The van der Waals surface area contributed by atoms with Crippen molar-refractivity contribution in [2.75, 3.05) is 27.6 Å². The van der Waals surface area contributed by atoms with E-state index in [1.807, 2.05) is 0 Å². The summed E-state index contributed by atoms with van der Waals surface area (Å²) in [5.74, 6) is -2.25. The molecule has 0 aromatic carbocycles. The Morgan fingerprint density at radius 2 is 1.60 bits per heavy atom. The van der Waals surface area contributed by atoms with Crippen LogP contribution in [0, 0.1) is 5.41 Å². The van der Waals surface area contributed by atoms with Crippen LogP contribution in [0.2, 0.25) is 0 Å². The number of carboxylic acid groups (broad SMARTS) is 2. The first-order chi connectivity index (χ1) is 9.35. The largest absolute Gasteiger partial charge is 0.481 e. The molecule has 0 bridgehead atoms. The molecule has 2 N–H and O–H groups in total. The summed E-state index contributed by atoms with van der Waals surface area (Å²) in [5, 5.41) is 18.8. The first-order valence-electron chi connectivity index (χ1n) is 6.42. The topological polar surface area (TPSA) is 102 Å². The van der Waals surface area contributed by atoms with Crippen LogP contribution in [-0.4, -0.2) is 55.4 Å². The first kappa shape index (κ1) is 18.8. The molecule has 1 unspecified atom stereocenters. The standard InChI is InChI=1S/C13H24O7/c1-5-12(6-2,11(16)17)13(8-18-3,7-10(14)15)20-9-19-4/h5-9H2,1-4H3,(H,14,15)(H,16,17). The molecule has 0 aliphatic heterocycles. The average molecular weight is 292 g/mol. The molecule has 20 heavy (non-hydrogen) atoms. The van der Waals surface area contributed by atoms with Gasteiger partial charge in [0, 0.05) is 14.2 Å². The minimum Gasteiger partial charge on any atom is -0.481 e. The van der Waals surface area contributed by atoms with Gasteiger partial charge in [-0.2, -0.15) is 0 Å². The van der Waals surface area contributed by atoms with E-state index in [9.17, 15) is 14.7 Å². The second-order valence-electron chi connectivity index (χ2n) is 4.64. The van der Waals surface area contributed by atoms with Crippen LogP contribution >= 0.6 is 0 Å². The van der Waals surface area contributed by atoms with Crippen LogP contribution in [0.4, 0.5) is 0 Å². The predicted molar refractivity (Wildman–Crippen MR) is 70.5 cm³/mol. The van der Waals surface area contributed by atoms with E-state index < -0.39 is 29.4 Å². The summed E-state index contributed by atoms with van der Waals surface area (Å²) >= 11 is 0. The maximum atomic E-state index is 11.8. The Kier molecular flexibility index (Phi) is 7.70. The molecule has 0 aromatic rings. The van der Waals surface area contributed by atoms with Gasteiger partial charge in [-0.05, 0) is 12.8 Å². The quantitative estimate of drug-likeness (QED) is 0.554. The zero-order chi connectivity index (χ0) is 15.8. The molecule has 0 amide bonds. The minimum absolute atomic E-state index is 0.142. The van der Waals surface area contributed by atoms with Crippen molar-refractivity contribution in [2.45, 2.75) is 38.7 Å². The highest BCUT2D eigenvalue weighted by molar-refractivity contribution is 5.78. The molecule has 1 atom stereocenters. The van der Waals surface area contributed by atoms with E-state index in [0.717, 1.165) is 0 Å². The Morgan fingerprint density at radius 1 is 1.05 bits per heavy atom. The summed E-state index contributed by atoms with van der Waals surface area (Å²) in [5.41, 5.74) is -2.85. The molecular formula is C13H24O7. The molecule has 0 spiro atoms. The second-order valence-corrected chi connectivity index (χ2v) is 4.64. The van der Waals surface area contributed by atoms with E-state index >= 15 is 0 Å². The van der Waals surface area contributed by atoms with Gasteiger partial charge >= 0.3 is 11.9 Å². The molecule has 118 valence electrons. The molecule has 0 saturated heterocycles.